The molecular weight excluding hydrogens is 496 g/mol. The minimum atomic E-state index is -3.62. The van der Waals surface area contributed by atoms with E-state index in [1.54, 1.807) is 50.8 Å². The topological polar surface area (TPSA) is 122 Å². The summed E-state index contributed by atoms with van der Waals surface area (Å²) in [6.45, 7) is 9.81. The second-order valence-electron chi connectivity index (χ2n) is 8.74. The summed E-state index contributed by atoms with van der Waals surface area (Å²) in [5.74, 6) is 0.506. The van der Waals surface area contributed by atoms with Crippen molar-refractivity contribution in [3.05, 3.63) is 65.0 Å². The van der Waals surface area contributed by atoms with Crippen molar-refractivity contribution in [3.8, 4) is 5.75 Å². The molecule has 1 unspecified atom stereocenters. The lowest BCUT2D eigenvalue weighted by atomic mass is 10.1. The van der Waals surface area contributed by atoms with Gasteiger partial charge in [-0.25, -0.2) is 8.42 Å². The largest absolute Gasteiger partial charge is 0.479 e. The quantitative estimate of drug-likeness (QED) is 0.473. The fourth-order valence-electron chi connectivity index (χ4n) is 4.23. The van der Waals surface area contributed by atoms with Gasteiger partial charge in [-0.05, 0) is 63.2 Å². The zero-order valence-electron chi connectivity index (χ0n) is 21.4. The number of amides is 2. The van der Waals surface area contributed by atoms with Crippen LogP contribution in [0.3, 0.4) is 0 Å². The molecular formula is C26H30N4O6S. The van der Waals surface area contributed by atoms with Crippen LogP contribution in [0.2, 0.25) is 0 Å². The Morgan fingerprint density at radius 2 is 1.78 bits per heavy atom. The maximum atomic E-state index is 13.0. The summed E-state index contributed by atoms with van der Waals surface area (Å²) in [4.78, 5) is 27.7. The summed E-state index contributed by atoms with van der Waals surface area (Å²) in [5, 5.41) is 6.79. The summed E-state index contributed by atoms with van der Waals surface area (Å²) in [7, 11) is -3.62. The van der Waals surface area contributed by atoms with Crippen molar-refractivity contribution >= 4 is 33.2 Å². The van der Waals surface area contributed by atoms with E-state index < -0.39 is 22.0 Å². The Hall–Kier alpha value is -3.70. The number of nitrogens with zero attached hydrogens (tertiary/aromatic N) is 3. The number of fused-ring (bicyclic) bond motifs is 1. The van der Waals surface area contributed by atoms with Crippen LogP contribution in [-0.4, -0.2) is 48.9 Å². The van der Waals surface area contributed by atoms with Crippen LogP contribution in [-0.2, 0) is 21.4 Å². The lowest BCUT2D eigenvalue weighted by Crippen LogP contribution is -2.44. The van der Waals surface area contributed by atoms with Crippen molar-refractivity contribution < 1.29 is 27.3 Å². The predicted molar refractivity (Wildman–Crippen MR) is 138 cm³/mol. The number of ether oxygens (including phenoxy) is 1. The van der Waals surface area contributed by atoms with Crippen LogP contribution in [0.1, 0.15) is 48.1 Å². The Bertz CT molecular complexity index is 1410. The summed E-state index contributed by atoms with van der Waals surface area (Å²) >= 11 is 0. The number of sulfonamides is 1. The van der Waals surface area contributed by atoms with Crippen LogP contribution in [0.15, 0.2) is 51.9 Å². The minimum absolute atomic E-state index is 0.126. The number of carbonyl (C=O) groups is 2. The molecule has 37 heavy (non-hydrogen) atoms. The van der Waals surface area contributed by atoms with E-state index in [0.29, 0.717) is 47.2 Å². The first kappa shape index (κ1) is 26.4. The highest BCUT2D eigenvalue weighted by Crippen LogP contribution is 2.38. The summed E-state index contributed by atoms with van der Waals surface area (Å²) < 4.78 is 37.8. The Kier molecular flexibility index (Phi) is 7.37. The molecule has 10 nitrogen and oxygen atoms in total. The van der Waals surface area contributed by atoms with Gasteiger partial charge in [-0.15, -0.1) is 0 Å². The molecule has 3 aromatic rings. The van der Waals surface area contributed by atoms with Gasteiger partial charge >= 0.3 is 0 Å². The molecule has 1 atom stereocenters. The van der Waals surface area contributed by atoms with Crippen molar-refractivity contribution in [1.29, 1.82) is 0 Å². The fourth-order valence-corrected chi connectivity index (χ4v) is 5.69. The highest BCUT2D eigenvalue weighted by Gasteiger charge is 2.33. The average Bonchev–Trinajstić information content (AvgIpc) is 3.19. The maximum absolute atomic E-state index is 13.0. The SMILES string of the molecule is CCN(CC)S(=O)(=O)c1ccc(C(=O)Nc2ccc3c(c2)N(Cc2c(C)noc2C)C(=O)C(C)O3)cc1. The van der Waals surface area contributed by atoms with E-state index in [-0.39, 0.29) is 17.3 Å². The number of anilines is 2. The second kappa shape index (κ2) is 10.3. The lowest BCUT2D eigenvalue weighted by molar-refractivity contribution is -0.125. The number of rotatable bonds is 8. The molecule has 2 amide bonds. The second-order valence-corrected chi connectivity index (χ2v) is 10.7. The molecule has 1 aliphatic heterocycles. The Labute approximate surface area is 216 Å². The number of benzene rings is 2. The van der Waals surface area contributed by atoms with Crippen LogP contribution in [0.5, 0.6) is 5.75 Å². The van der Waals surface area contributed by atoms with E-state index in [9.17, 15) is 18.0 Å². The Balaban J connectivity index is 1.57. The molecule has 0 aliphatic carbocycles. The van der Waals surface area contributed by atoms with Gasteiger partial charge in [-0.3, -0.25) is 9.59 Å². The molecule has 0 fully saturated rings. The van der Waals surface area contributed by atoms with Crippen LogP contribution in [0.25, 0.3) is 0 Å². The zero-order valence-corrected chi connectivity index (χ0v) is 22.3. The van der Waals surface area contributed by atoms with E-state index >= 15 is 0 Å². The summed E-state index contributed by atoms with van der Waals surface area (Å²) in [5.41, 5.74) is 2.77. The van der Waals surface area contributed by atoms with Gasteiger partial charge in [0.25, 0.3) is 11.8 Å². The summed E-state index contributed by atoms with van der Waals surface area (Å²) in [6.07, 6.45) is -0.667. The lowest BCUT2D eigenvalue weighted by Gasteiger charge is -2.33. The van der Waals surface area contributed by atoms with Gasteiger partial charge in [-0.1, -0.05) is 19.0 Å². The van der Waals surface area contributed by atoms with Gasteiger partial charge in [0.2, 0.25) is 10.0 Å². The molecule has 2 aromatic carbocycles. The highest BCUT2D eigenvalue weighted by atomic mass is 32.2. The molecule has 1 aromatic heterocycles. The number of hydrogen-bond donors (Lipinski definition) is 1. The summed E-state index contributed by atoms with van der Waals surface area (Å²) in [6, 6.07) is 10.9. The molecule has 0 spiro atoms. The van der Waals surface area contributed by atoms with Gasteiger partial charge in [0, 0.05) is 29.9 Å². The van der Waals surface area contributed by atoms with Crippen LogP contribution in [0, 0.1) is 13.8 Å². The molecule has 0 radical (unpaired) electrons. The Morgan fingerprint density at radius 3 is 2.38 bits per heavy atom. The van der Waals surface area contributed by atoms with E-state index in [4.69, 9.17) is 9.26 Å². The van der Waals surface area contributed by atoms with E-state index in [1.807, 2.05) is 6.92 Å². The Morgan fingerprint density at radius 1 is 1.11 bits per heavy atom. The molecule has 2 heterocycles. The fraction of sp³-hybridized carbons (Fsp3) is 0.346. The number of carbonyl (C=O) groups excluding carboxylic acids is 2. The number of aromatic nitrogens is 1. The number of nitrogens with one attached hydrogen (secondary N) is 1. The molecule has 1 N–H and O–H groups in total. The van der Waals surface area contributed by atoms with Gasteiger partial charge in [0.15, 0.2) is 6.10 Å². The molecule has 196 valence electrons. The first-order valence-electron chi connectivity index (χ1n) is 12.0. The van der Waals surface area contributed by atoms with Gasteiger partial charge in [-0.2, -0.15) is 4.31 Å². The average molecular weight is 527 g/mol. The first-order valence-corrected chi connectivity index (χ1v) is 13.5. The number of hydrogen-bond acceptors (Lipinski definition) is 7. The monoisotopic (exact) mass is 526 g/mol. The van der Waals surface area contributed by atoms with E-state index in [0.717, 1.165) is 5.56 Å². The van der Waals surface area contributed by atoms with Gasteiger partial charge < -0.3 is 19.5 Å². The highest BCUT2D eigenvalue weighted by molar-refractivity contribution is 7.89. The molecule has 0 saturated carbocycles. The third-order valence-corrected chi connectivity index (χ3v) is 8.45. The van der Waals surface area contributed by atoms with Crippen LogP contribution < -0.4 is 15.0 Å². The van der Waals surface area contributed by atoms with Crippen LogP contribution >= 0.6 is 0 Å². The molecule has 11 heteroatoms. The molecule has 0 bridgehead atoms. The third-order valence-electron chi connectivity index (χ3n) is 6.38. The van der Waals surface area contributed by atoms with Crippen molar-refractivity contribution in [2.75, 3.05) is 23.3 Å². The van der Waals surface area contributed by atoms with Gasteiger partial charge in [0.1, 0.15) is 11.5 Å². The minimum Gasteiger partial charge on any atom is -0.479 e. The van der Waals surface area contributed by atoms with Crippen molar-refractivity contribution in [3.63, 3.8) is 0 Å². The third kappa shape index (κ3) is 5.09. The van der Waals surface area contributed by atoms with Crippen molar-refractivity contribution in [2.24, 2.45) is 0 Å². The van der Waals surface area contributed by atoms with Crippen molar-refractivity contribution in [2.45, 2.75) is 52.2 Å². The first-order chi connectivity index (χ1) is 17.6. The normalized spacial score (nSPS) is 15.5. The molecule has 1 aliphatic rings. The smallest absolute Gasteiger partial charge is 0.268 e. The standard InChI is InChI=1S/C26H30N4O6S/c1-6-29(7-2)37(33,34)21-11-8-19(9-12-21)25(31)27-20-10-13-24-23(14-20)30(26(32)18(5)35-24)15-22-16(3)28-36-17(22)4/h8-14,18H,6-7,15H2,1-5H3,(H,27,31). The van der Waals surface area contributed by atoms with Crippen LogP contribution in [0.4, 0.5) is 11.4 Å². The van der Waals surface area contributed by atoms with E-state index in [2.05, 4.69) is 10.5 Å². The maximum Gasteiger partial charge on any atom is 0.268 e. The predicted octanol–water partition coefficient (Wildman–Crippen LogP) is 3.89. The van der Waals surface area contributed by atoms with Gasteiger partial charge in [0.05, 0.1) is 22.8 Å². The molecule has 4 rings (SSSR count). The van der Waals surface area contributed by atoms with E-state index in [1.165, 1.54) is 28.6 Å². The number of aryl methyl sites for hydroxylation is 2. The van der Waals surface area contributed by atoms with Crippen molar-refractivity contribution in [1.82, 2.24) is 9.46 Å². The molecule has 0 saturated heterocycles. The zero-order chi connectivity index (χ0) is 26.9.